The predicted molar refractivity (Wildman–Crippen MR) is 80.0 cm³/mol. The van der Waals surface area contributed by atoms with Gasteiger partial charge in [-0.25, -0.2) is 0 Å². The van der Waals surface area contributed by atoms with E-state index in [4.69, 9.17) is 4.74 Å². The Balaban J connectivity index is 2.50. The van der Waals surface area contributed by atoms with Crippen LogP contribution in [0.4, 0.5) is 0 Å². The Kier molecular flexibility index (Phi) is 7.05. The van der Waals surface area contributed by atoms with Crippen molar-refractivity contribution in [2.75, 3.05) is 20.3 Å². The standard InChI is InChI=1S/C14H21BrN2O2/c1-10(12-6-4-5-7-13(12)15)17-11(2)14(18)16-8-9-19-3/h4-7,10-11,17H,8-9H2,1-3H3,(H,16,18)/t10-,11?/m1/s1. The average Bonchev–Trinajstić information content (AvgIpc) is 2.39. The van der Waals surface area contributed by atoms with E-state index in [2.05, 4.69) is 26.6 Å². The molecule has 0 spiro atoms. The molecule has 19 heavy (non-hydrogen) atoms. The summed E-state index contributed by atoms with van der Waals surface area (Å²) in [4.78, 5) is 11.8. The molecule has 1 aromatic rings. The van der Waals surface area contributed by atoms with E-state index in [1.807, 2.05) is 38.1 Å². The molecule has 0 saturated heterocycles. The lowest BCUT2D eigenvalue weighted by Crippen LogP contribution is -2.44. The highest BCUT2D eigenvalue weighted by Crippen LogP contribution is 2.22. The molecule has 5 heteroatoms. The highest BCUT2D eigenvalue weighted by atomic mass is 79.9. The number of rotatable bonds is 7. The van der Waals surface area contributed by atoms with Crippen LogP contribution in [0.25, 0.3) is 0 Å². The van der Waals surface area contributed by atoms with Crippen LogP contribution in [0.5, 0.6) is 0 Å². The van der Waals surface area contributed by atoms with Crippen molar-refractivity contribution in [2.24, 2.45) is 0 Å². The van der Waals surface area contributed by atoms with Crippen molar-refractivity contribution in [1.29, 1.82) is 0 Å². The summed E-state index contributed by atoms with van der Waals surface area (Å²) in [7, 11) is 1.61. The first-order valence-electron chi connectivity index (χ1n) is 6.33. The third-order valence-corrected chi connectivity index (χ3v) is 3.59. The van der Waals surface area contributed by atoms with Crippen LogP contribution in [-0.4, -0.2) is 32.2 Å². The maximum Gasteiger partial charge on any atom is 0.236 e. The van der Waals surface area contributed by atoms with Gasteiger partial charge >= 0.3 is 0 Å². The van der Waals surface area contributed by atoms with Gasteiger partial charge in [0.1, 0.15) is 0 Å². The summed E-state index contributed by atoms with van der Waals surface area (Å²) in [5.41, 5.74) is 1.14. The summed E-state index contributed by atoms with van der Waals surface area (Å²) in [5.74, 6) is -0.0176. The molecule has 0 fully saturated rings. The number of amides is 1. The fraction of sp³-hybridized carbons (Fsp3) is 0.500. The number of benzene rings is 1. The van der Waals surface area contributed by atoms with Gasteiger partial charge < -0.3 is 10.1 Å². The Hall–Kier alpha value is -0.910. The summed E-state index contributed by atoms with van der Waals surface area (Å²) in [5, 5.41) is 6.10. The first-order chi connectivity index (χ1) is 9.06. The van der Waals surface area contributed by atoms with Gasteiger partial charge in [0.15, 0.2) is 0 Å². The largest absolute Gasteiger partial charge is 0.383 e. The average molecular weight is 329 g/mol. The molecule has 1 rings (SSSR count). The number of carbonyl (C=O) groups excluding carboxylic acids is 1. The third-order valence-electron chi connectivity index (χ3n) is 2.87. The van der Waals surface area contributed by atoms with Crippen molar-refractivity contribution in [3.63, 3.8) is 0 Å². The molecule has 1 aromatic carbocycles. The minimum Gasteiger partial charge on any atom is -0.383 e. The summed E-state index contributed by atoms with van der Waals surface area (Å²) in [6.07, 6.45) is 0. The zero-order valence-electron chi connectivity index (χ0n) is 11.6. The summed E-state index contributed by atoms with van der Waals surface area (Å²) in [6, 6.07) is 7.84. The molecule has 0 aliphatic rings. The lowest BCUT2D eigenvalue weighted by atomic mass is 10.1. The minimum absolute atomic E-state index is 0.0176. The molecular formula is C14H21BrN2O2. The first-order valence-corrected chi connectivity index (χ1v) is 7.12. The van der Waals surface area contributed by atoms with Gasteiger partial charge in [-0.1, -0.05) is 34.1 Å². The number of hydrogen-bond donors (Lipinski definition) is 2. The quantitative estimate of drug-likeness (QED) is 0.755. The lowest BCUT2D eigenvalue weighted by Gasteiger charge is -2.20. The molecule has 2 N–H and O–H groups in total. The van der Waals surface area contributed by atoms with Gasteiger partial charge in [-0.15, -0.1) is 0 Å². The molecular weight excluding hydrogens is 308 g/mol. The molecule has 0 radical (unpaired) electrons. The number of halogens is 1. The second-order valence-electron chi connectivity index (χ2n) is 4.42. The first kappa shape index (κ1) is 16.1. The Morgan fingerprint density at radius 2 is 2.05 bits per heavy atom. The number of carbonyl (C=O) groups is 1. The number of hydrogen-bond acceptors (Lipinski definition) is 3. The van der Waals surface area contributed by atoms with Crippen LogP contribution in [0, 0.1) is 0 Å². The Morgan fingerprint density at radius 1 is 1.37 bits per heavy atom. The number of nitrogens with one attached hydrogen (secondary N) is 2. The molecule has 0 bridgehead atoms. The predicted octanol–water partition coefficient (Wildman–Crippen LogP) is 2.25. The number of methoxy groups -OCH3 is 1. The molecule has 2 atom stereocenters. The molecule has 0 heterocycles. The third kappa shape index (κ3) is 5.30. The monoisotopic (exact) mass is 328 g/mol. The van der Waals surface area contributed by atoms with Crippen molar-refractivity contribution in [1.82, 2.24) is 10.6 Å². The molecule has 0 aliphatic carbocycles. The van der Waals surface area contributed by atoms with Crippen LogP contribution in [0.15, 0.2) is 28.7 Å². The van der Waals surface area contributed by atoms with Crippen LogP contribution in [0.2, 0.25) is 0 Å². The van der Waals surface area contributed by atoms with Crippen molar-refractivity contribution < 1.29 is 9.53 Å². The number of ether oxygens (including phenoxy) is 1. The van der Waals surface area contributed by atoms with E-state index in [1.165, 1.54) is 0 Å². The summed E-state index contributed by atoms with van der Waals surface area (Å²) < 4.78 is 5.94. The Morgan fingerprint density at radius 3 is 2.68 bits per heavy atom. The summed E-state index contributed by atoms with van der Waals surface area (Å²) >= 11 is 3.52. The van der Waals surface area contributed by atoms with Crippen LogP contribution in [0.3, 0.4) is 0 Å². The van der Waals surface area contributed by atoms with E-state index in [1.54, 1.807) is 7.11 Å². The van der Waals surface area contributed by atoms with Gasteiger partial charge in [-0.3, -0.25) is 10.1 Å². The highest BCUT2D eigenvalue weighted by molar-refractivity contribution is 9.10. The summed E-state index contributed by atoms with van der Waals surface area (Å²) in [6.45, 7) is 4.96. The maximum atomic E-state index is 11.8. The van der Waals surface area contributed by atoms with E-state index in [-0.39, 0.29) is 18.0 Å². The zero-order valence-corrected chi connectivity index (χ0v) is 13.2. The van der Waals surface area contributed by atoms with Gasteiger partial charge in [0, 0.05) is 24.2 Å². The molecule has 4 nitrogen and oxygen atoms in total. The van der Waals surface area contributed by atoms with E-state index < -0.39 is 0 Å². The Bertz CT molecular complexity index is 412. The fourth-order valence-electron chi connectivity index (χ4n) is 1.80. The van der Waals surface area contributed by atoms with Crippen LogP contribution >= 0.6 is 15.9 Å². The second-order valence-corrected chi connectivity index (χ2v) is 5.27. The van der Waals surface area contributed by atoms with Gasteiger partial charge in [-0.2, -0.15) is 0 Å². The van der Waals surface area contributed by atoms with Gasteiger partial charge in [0.25, 0.3) is 0 Å². The Labute approximate surface area is 123 Å². The van der Waals surface area contributed by atoms with Gasteiger partial charge in [0.05, 0.1) is 12.6 Å². The normalized spacial score (nSPS) is 13.9. The highest BCUT2D eigenvalue weighted by Gasteiger charge is 2.16. The molecule has 106 valence electrons. The van der Waals surface area contributed by atoms with Crippen molar-refractivity contribution in [2.45, 2.75) is 25.9 Å². The van der Waals surface area contributed by atoms with Crippen molar-refractivity contribution in [3.8, 4) is 0 Å². The van der Waals surface area contributed by atoms with Crippen LogP contribution < -0.4 is 10.6 Å². The second kappa shape index (κ2) is 8.30. The van der Waals surface area contributed by atoms with Crippen LogP contribution in [-0.2, 0) is 9.53 Å². The fourth-order valence-corrected chi connectivity index (χ4v) is 2.42. The molecule has 0 saturated carbocycles. The van der Waals surface area contributed by atoms with Crippen molar-refractivity contribution >= 4 is 21.8 Å². The SMILES string of the molecule is COCCNC(=O)C(C)N[C@H](C)c1ccccc1Br. The topological polar surface area (TPSA) is 50.4 Å². The molecule has 1 unspecified atom stereocenters. The zero-order chi connectivity index (χ0) is 14.3. The van der Waals surface area contributed by atoms with Crippen LogP contribution in [0.1, 0.15) is 25.5 Å². The smallest absolute Gasteiger partial charge is 0.236 e. The van der Waals surface area contributed by atoms with Crippen molar-refractivity contribution in [3.05, 3.63) is 34.3 Å². The maximum absolute atomic E-state index is 11.8. The van der Waals surface area contributed by atoms with E-state index >= 15 is 0 Å². The van der Waals surface area contributed by atoms with E-state index in [0.29, 0.717) is 13.2 Å². The van der Waals surface area contributed by atoms with E-state index in [0.717, 1.165) is 10.0 Å². The molecule has 0 aliphatic heterocycles. The minimum atomic E-state index is -0.251. The van der Waals surface area contributed by atoms with E-state index in [9.17, 15) is 4.79 Å². The van der Waals surface area contributed by atoms with Gasteiger partial charge in [-0.05, 0) is 25.5 Å². The molecule has 0 aromatic heterocycles. The lowest BCUT2D eigenvalue weighted by molar-refractivity contribution is -0.123. The molecule has 1 amide bonds. The van der Waals surface area contributed by atoms with Gasteiger partial charge in [0.2, 0.25) is 5.91 Å².